The van der Waals surface area contributed by atoms with Crippen molar-refractivity contribution in [2.75, 3.05) is 6.26 Å². The fraction of sp³-hybridized carbons (Fsp3) is 0.385. The first-order valence-electron chi connectivity index (χ1n) is 5.70. The number of benzene rings is 1. The molecule has 0 heterocycles. The number of carbonyl (C=O) groups excluding carboxylic acids is 1. The van der Waals surface area contributed by atoms with E-state index >= 15 is 0 Å². The minimum Gasteiger partial charge on any atom is -0.480 e. The van der Waals surface area contributed by atoms with E-state index in [1.807, 2.05) is 18.4 Å². The lowest BCUT2D eigenvalue weighted by Gasteiger charge is -2.12. The number of aliphatic carboxylic acids is 1. The zero-order valence-electron chi connectivity index (χ0n) is 10.5. The first-order chi connectivity index (χ1) is 8.58. The highest BCUT2D eigenvalue weighted by Crippen LogP contribution is 2.10. The van der Waals surface area contributed by atoms with Crippen LogP contribution in [0, 0.1) is 0 Å². The number of hydrogen-bond acceptors (Lipinski definition) is 3. The summed E-state index contributed by atoms with van der Waals surface area (Å²) in [5.41, 5.74) is 1.63. The quantitative estimate of drug-likeness (QED) is 0.828. The molecule has 0 aliphatic carbocycles. The molecule has 1 atom stereocenters. The lowest BCUT2D eigenvalue weighted by molar-refractivity contribution is -0.139. The second-order valence-corrected chi connectivity index (χ2v) is 4.77. The molecule has 0 bridgehead atoms. The summed E-state index contributed by atoms with van der Waals surface area (Å²) in [6.45, 7) is 1.72. The number of carboxylic acids is 1. The molecule has 0 fully saturated rings. The monoisotopic (exact) mass is 267 g/mol. The number of rotatable bonds is 6. The van der Waals surface area contributed by atoms with Crippen molar-refractivity contribution in [3.05, 3.63) is 35.4 Å². The second-order valence-electron chi connectivity index (χ2n) is 3.90. The minimum absolute atomic E-state index is 0.347. The average Bonchev–Trinajstić information content (AvgIpc) is 2.36. The van der Waals surface area contributed by atoms with E-state index in [9.17, 15) is 9.59 Å². The van der Waals surface area contributed by atoms with Gasteiger partial charge >= 0.3 is 5.97 Å². The van der Waals surface area contributed by atoms with Gasteiger partial charge in [-0.1, -0.05) is 19.1 Å². The first-order valence-corrected chi connectivity index (χ1v) is 7.09. The van der Waals surface area contributed by atoms with Crippen LogP contribution in [0.1, 0.15) is 29.3 Å². The van der Waals surface area contributed by atoms with Gasteiger partial charge in [-0.05, 0) is 30.4 Å². The predicted molar refractivity (Wildman–Crippen MR) is 72.8 cm³/mol. The standard InChI is InChI=1S/C13H17NO3S/c1-3-11(13(16)17)14-12(15)10-6-4-9(5-7-10)8-18-2/h4-7,11H,3,8H2,1-2H3,(H,14,15)(H,16,17)/t11-/m0/s1. The summed E-state index contributed by atoms with van der Waals surface area (Å²) in [6, 6.07) is 6.37. The third kappa shape index (κ3) is 4.07. The maximum absolute atomic E-state index is 11.8. The van der Waals surface area contributed by atoms with Gasteiger partial charge in [0.25, 0.3) is 5.91 Å². The average molecular weight is 267 g/mol. The van der Waals surface area contributed by atoms with Gasteiger partial charge in [-0.25, -0.2) is 4.79 Å². The minimum atomic E-state index is -1.01. The third-order valence-electron chi connectivity index (χ3n) is 2.54. The van der Waals surface area contributed by atoms with Crippen molar-refractivity contribution in [3.63, 3.8) is 0 Å². The molecule has 18 heavy (non-hydrogen) atoms. The normalized spacial score (nSPS) is 11.9. The van der Waals surface area contributed by atoms with Crippen molar-refractivity contribution in [1.29, 1.82) is 0 Å². The first kappa shape index (κ1) is 14.6. The van der Waals surface area contributed by atoms with E-state index in [1.54, 1.807) is 30.8 Å². The largest absolute Gasteiger partial charge is 0.480 e. The molecule has 4 nitrogen and oxygen atoms in total. The Kier molecular flexibility index (Phi) is 5.71. The Morgan fingerprint density at radius 3 is 2.39 bits per heavy atom. The lowest BCUT2D eigenvalue weighted by atomic mass is 10.1. The molecule has 1 aromatic rings. The van der Waals surface area contributed by atoms with E-state index in [0.29, 0.717) is 12.0 Å². The molecular formula is C13H17NO3S. The summed E-state index contributed by atoms with van der Waals surface area (Å²) in [7, 11) is 0. The van der Waals surface area contributed by atoms with Gasteiger partial charge in [0.05, 0.1) is 0 Å². The Morgan fingerprint density at radius 1 is 1.33 bits per heavy atom. The van der Waals surface area contributed by atoms with Crippen LogP contribution < -0.4 is 5.32 Å². The molecule has 0 spiro atoms. The van der Waals surface area contributed by atoms with E-state index in [-0.39, 0.29) is 5.91 Å². The van der Waals surface area contributed by atoms with Gasteiger partial charge in [0, 0.05) is 11.3 Å². The molecular weight excluding hydrogens is 250 g/mol. The summed E-state index contributed by atoms with van der Waals surface area (Å²) in [4.78, 5) is 22.6. The third-order valence-corrected chi connectivity index (χ3v) is 3.16. The van der Waals surface area contributed by atoms with Crippen LogP contribution in [0.3, 0.4) is 0 Å². The number of amides is 1. The molecule has 0 aromatic heterocycles. The van der Waals surface area contributed by atoms with E-state index in [2.05, 4.69) is 5.32 Å². The van der Waals surface area contributed by atoms with E-state index in [0.717, 1.165) is 11.3 Å². The molecule has 0 aliphatic heterocycles. The summed E-state index contributed by atoms with van der Waals surface area (Å²) in [5, 5.41) is 11.4. The van der Waals surface area contributed by atoms with Crippen LogP contribution in [-0.2, 0) is 10.5 Å². The van der Waals surface area contributed by atoms with Crippen LogP contribution in [-0.4, -0.2) is 29.3 Å². The summed E-state index contributed by atoms with van der Waals surface area (Å²) in [5.74, 6) is -0.459. The van der Waals surface area contributed by atoms with Crippen molar-refractivity contribution in [1.82, 2.24) is 5.32 Å². The molecule has 5 heteroatoms. The Bertz CT molecular complexity index is 417. The van der Waals surface area contributed by atoms with Gasteiger partial charge in [0.15, 0.2) is 0 Å². The molecule has 98 valence electrons. The highest BCUT2D eigenvalue weighted by atomic mass is 32.2. The summed E-state index contributed by atoms with van der Waals surface area (Å²) < 4.78 is 0. The summed E-state index contributed by atoms with van der Waals surface area (Å²) >= 11 is 1.71. The van der Waals surface area contributed by atoms with Gasteiger partial charge in [0.2, 0.25) is 0 Å². The van der Waals surface area contributed by atoms with Crippen LogP contribution in [0.4, 0.5) is 0 Å². The zero-order chi connectivity index (χ0) is 13.5. The van der Waals surface area contributed by atoms with E-state index in [4.69, 9.17) is 5.11 Å². The Labute approximate surface area is 111 Å². The molecule has 0 saturated heterocycles. The van der Waals surface area contributed by atoms with Crippen LogP contribution >= 0.6 is 11.8 Å². The highest BCUT2D eigenvalue weighted by Gasteiger charge is 2.18. The molecule has 0 radical (unpaired) electrons. The summed E-state index contributed by atoms with van der Waals surface area (Å²) in [6.07, 6.45) is 2.38. The molecule has 1 amide bonds. The highest BCUT2D eigenvalue weighted by molar-refractivity contribution is 7.97. The fourth-order valence-corrected chi connectivity index (χ4v) is 2.02. The van der Waals surface area contributed by atoms with Crippen molar-refractivity contribution < 1.29 is 14.7 Å². The van der Waals surface area contributed by atoms with E-state index in [1.165, 1.54) is 0 Å². The maximum Gasteiger partial charge on any atom is 0.326 e. The van der Waals surface area contributed by atoms with Crippen molar-refractivity contribution in [3.8, 4) is 0 Å². The van der Waals surface area contributed by atoms with Crippen LogP contribution in [0.25, 0.3) is 0 Å². The maximum atomic E-state index is 11.8. The fourth-order valence-electron chi connectivity index (χ4n) is 1.50. The lowest BCUT2D eigenvalue weighted by Crippen LogP contribution is -2.40. The van der Waals surface area contributed by atoms with Crippen molar-refractivity contribution in [2.24, 2.45) is 0 Å². The van der Waals surface area contributed by atoms with Crippen LogP contribution in [0.15, 0.2) is 24.3 Å². The van der Waals surface area contributed by atoms with Crippen molar-refractivity contribution in [2.45, 2.75) is 25.1 Å². The van der Waals surface area contributed by atoms with Gasteiger partial charge in [0.1, 0.15) is 6.04 Å². The molecule has 0 unspecified atom stereocenters. The number of carbonyl (C=O) groups is 2. The number of hydrogen-bond donors (Lipinski definition) is 2. The van der Waals surface area contributed by atoms with Gasteiger partial charge in [-0.3, -0.25) is 4.79 Å². The molecule has 2 N–H and O–H groups in total. The van der Waals surface area contributed by atoms with E-state index < -0.39 is 12.0 Å². The molecule has 1 aromatic carbocycles. The Balaban J connectivity index is 2.69. The SMILES string of the molecule is CC[C@H](NC(=O)c1ccc(CSC)cc1)C(=O)O. The molecule has 1 rings (SSSR count). The van der Waals surface area contributed by atoms with Crippen molar-refractivity contribution >= 4 is 23.6 Å². The number of carboxylic acid groups (broad SMARTS) is 1. The van der Waals surface area contributed by atoms with Crippen LogP contribution in [0.5, 0.6) is 0 Å². The predicted octanol–water partition coefficient (Wildman–Crippen LogP) is 2.14. The van der Waals surface area contributed by atoms with Gasteiger partial charge in [-0.15, -0.1) is 0 Å². The molecule has 0 aliphatic rings. The number of nitrogens with one attached hydrogen (secondary N) is 1. The Morgan fingerprint density at radius 2 is 1.94 bits per heavy atom. The molecule has 0 saturated carbocycles. The zero-order valence-corrected chi connectivity index (χ0v) is 11.3. The number of thioether (sulfide) groups is 1. The smallest absolute Gasteiger partial charge is 0.326 e. The second kappa shape index (κ2) is 7.06. The van der Waals surface area contributed by atoms with Crippen LogP contribution in [0.2, 0.25) is 0 Å². The Hall–Kier alpha value is -1.49. The van der Waals surface area contributed by atoms with Gasteiger partial charge < -0.3 is 10.4 Å². The topological polar surface area (TPSA) is 66.4 Å². The van der Waals surface area contributed by atoms with Gasteiger partial charge in [-0.2, -0.15) is 11.8 Å².